The minimum atomic E-state index is -0.851. The third-order valence-electron chi connectivity index (χ3n) is 6.13. The minimum absolute atomic E-state index is 0.0401. The predicted molar refractivity (Wildman–Crippen MR) is 127 cm³/mol. The fourth-order valence-electron chi connectivity index (χ4n) is 4.49. The third-order valence-corrected chi connectivity index (χ3v) is 6.39. The molecule has 3 N–H and O–H groups in total. The number of hydrogen-bond donors (Lipinski definition) is 2. The van der Waals surface area contributed by atoms with Crippen LogP contribution in [0.25, 0.3) is 21.9 Å². The fourth-order valence-corrected chi connectivity index (χ4v) is 4.61. The molecule has 0 radical (unpaired) electrons. The van der Waals surface area contributed by atoms with Crippen LogP contribution >= 0.6 is 11.6 Å². The summed E-state index contributed by atoms with van der Waals surface area (Å²) in [6.45, 7) is 1.96. The largest absolute Gasteiger partial charge is 0.481 e. The summed E-state index contributed by atoms with van der Waals surface area (Å²) in [7, 11) is 0. The van der Waals surface area contributed by atoms with Crippen molar-refractivity contribution in [3.8, 4) is 23.0 Å². The molecule has 31 heavy (non-hydrogen) atoms. The topological polar surface area (TPSA) is 63.3 Å². The van der Waals surface area contributed by atoms with Crippen molar-refractivity contribution in [1.82, 2.24) is 0 Å². The number of carboxylic acids is 1. The van der Waals surface area contributed by atoms with E-state index in [1.165, 1.54) is 6.42 Å². The molecule has 1 aliphatic carbocycles. The maximum atomic E-state index is 11.6. The van der Waals surface area contributed by atoms with Crippen LogP contribution in [0.15, 0.2) is 48.5 Å². The van der Waals surface area contributed by atoms with Crippen LogP contribution in [0, 0.1) is 18.8 Å². The Kier molecular flexibility index (Phi) is 6.05. The summed E-state index contributed by atoms with van der Waals surface area (Å²) in [6.07, 6.45) is 5.31. The van der Waals surface area contributed by atoms with E-state index in [4.69, 9.17) is 17.3 Å². The molecule has 0 saturated heterocycles. The van der Waals surface area contributed by atoms with Crippen molar-refractivity contribution in [2.45, 2.75) is 51.0 Å². The van der Waals surface area contributed by atoms with Gasteiger partial charge in [-0.1, -0.05) is 67.0 Å². The van der Waals surface area contributed by atoms with E-state index in [2.05, 4.69) is 30.0 Å². The zero-order valence-electron chi connectivity index (χ0n) is 17.7. The first-order chi connectivity index (χ1) is 14.8. The second kappa shape index (κ2) is 8.75. The van der Waals surface area contributed by atoms with Gasteiger partial charge in [0, 0.05) is 10.6 Å². The highest BCUT2D eigenvalue weighted by atomic mass is 35.5. The van der Waals surface area contributed by atoms with Crippen LogP contribution < -0.4 is 5.73 Å². The van der Waals surface area contributed by atoms with Gasteiger partial charge in [0.05, 0.1) is 12.0 Å². The number of aryl methyl sites for hydroxylation is 1. The second-order valence-electron chi connectivity index (χ2n) is 8.53. The van der Waals surface area contributed by atoms with Crippen LogP contribution in [-0.4, -0.2) is 16.6 Å². The Morgan fingerprint density at radius 3 is 2.48 bits per heavy atom. The quantitative estimate of drug-likeness (QED) is 0.492. The van der Waals surface area contributed by atoms with E-state index >= 15 is 0 Å². The standard InChI is InChI=1S/C27H26ClNO2/c1-18-15-21-6-5-19(11-14-27(29)12-3-2-4-13-27)16-24(21)26(23(18)17-25(30)31)20-7-9-22(28)10-8-20/h5-10,15-16H,2-4,12-13,17,29H2,1H3,(H,30,31). The van der Waals surface area contributed by atoms with Crippen LogP contribution in [0.2, 0.25) is 5.02 Å². The lowest BCUT2D eigenvalue weighted by molar-refractivity contribution is -0.136. The van der Waals surface area contributed by atoms with E-state index in [0.29, 0.717) is 5.02 Å². The zero-order chi connectivity index (χ0) is 22.0. The Hall–Kier alpha value is -2.80. The summed E-state index contributed by atoms with van der Waals surface area (Å²) >= 11 is 6.10. The van der Waals surface area contributed by atoms with E-state index in [0.717, 1.165) is 64.3 Å². The summed E-state index contributed by atoms with van der Waals surface area (Å²) in [5.74, 6) is 5.77. The Bertz CT molecular complexity index is 1200. The molecule has 0 aliphatic heterocycles. The monoisotopic (exact) mass is 431 g/mol. The highest BCUT2D eigenvalue weighted by Gasteiger charge is 2.24. The van der Waals surface area contributed by atoms with Gasteiger partial charge in [0.25, 0.3) is 0 Å². The van der Waals surface area contributed by atoms with Crippen LogP contribution in [-0.2, 0) is 11.2 Å². The molecule has 158 valence electrons. The van der Waals surface area contributed by atoms with E-state index in [1.54, 1.807) is 0 Å². The van der Waals surface area contributed by atoms with Gasteiger partial charge in [-0.2, -0.15) is 0 Å². The van der Waals surface area contributed by atoms with Crippen molar-refractivity contribution in [3.63, 3.8) is 0 Å². The van der Waals surface area contributed by atoms with Crippen molar-refractivity contribution < 1.29 is 9.90 Å². The normalized spacial score (nSPS) is 15.3. The Balaban J connectivity index is 1.89. The van der Waals surface area contributed by atoms with Gasteiger partial charge in [0.2, 0.25) is 0 Å². The predicted octanol–water partition coefficient (Wildman–Crippen LogP) is 6.11. The highest BCUT2D eigenvalue weighted by molar-refractivity contribution is 6.30. The SMILES string of the molecule is Cc1cc2ccc(C#CC3(N)CCCCC3)cc2c(-c2ccc(Cl)cc2)c1CC(=O)O. The molecule has 3 aromatic rings. The number of hydrogen-bond acceptors (Lipinski definition) is 2. The van der Waals surface area contributed by atoms with Gasteiger partial charge in [-0.3, -0.25) is 4.79 Å². The molecular formula is C27H26ClNO2. The minimum Gasteiger partial charge on any atom is -0.481 e. The molecule has 3 nitrogen and oxygen atoms in total. The molecular weight excluding hydrogens is 406 g/mol. The lowest BCUT2D eigenvalue weighted by Gasteiger charge is -2.27. The smallest absolute Gasteiger partial charge is 0.307 e. The average molecular weight is 432 g/mol. The highest BCUT2D eigenvalue weighted by Crippen LogP contribution is 2.36. The molecule has 1 saturated carbocycles. The van der Waals surface area contributed by atoms with Gasteiger partial charge in [0.1, 0.15) is 0 Å². The van der Waals surface area contributed by atoms with Crippen LogP contribution in [0.5, 0.6) is 0 Å². The average Bonchev–Trinajstić information content (AvgIpc) is 2.74. The maximum Gasteiger partial charge on any atom is 0.307 e. The van der Waals surface area contributed by atoms with Crippen LogP contribution in [0.1, 0.15) is 48.8 Å². The lowest BCUT2D eigenvalue weighted by atomic mass is 9.83. The van der Waals surface area contributed by atoms with Gasteiger partial charge in [0.15, 0.2) is 0 Å². The number of nitrogens with two attached hydrogens (primary N) is 1. The van der Waals surface area contributed by atoms with Gasteiger partial charge in [-0.05, 0) is 77.1 Å². The van der Waals surface area contributed by atoms with Crippen LogP contribution in [0.3, 0.4) is 0 Å². The molecule has 0 heterocycles. The Labute approximate surface area is 188 Å². The van der Waals surface area contributed by atoms with E-state index in [-0.39, 0.29) is 6.42 Å². The molecule has 0 atom stereocenters. The maximum absolute atomic E-state index is 11.6. The Morgan fingerprint density at radius 1 is 1.10 bits per heavy atom. The molecule has 0 spiro atoms. The number of rotatable bonds is 3. The first-order valence-corrected chi connectivity index (χ1v) is 11.1. The van der Waals surface area contributed by atoms with Crippen molar-refractivity contribution in [3.05, 3.63) is 70.2 Å². The molecule has 0 aromatic heterocycles. The van der Waals surface area contributed by atoms with Gasteiger partial charge in [-0.15, -0.1) is 0 Å². The molecule has 1 fully saturated rings. The van der Waals surface area contributed by atoms with E-state index in [9.17, 15) is 9.90 Å². The molecule has 0 bridgehead atoms. The molecule has 4 heteroatoms. The zero-order valence-corrected chi connectivity index (χ0v) is 18.4. The summed E-state index contributed by atoms with van der Waals surface area (Å²) in [5, 5.41) is 12.2. The summed E-state index contributed by atoms with van der Waals surface area (Å²) in [4.78, 5) is 11.6. The fraction of sp³-hybridized carbons (Fsp3) is 0.296. The second-order valence-corrected chi connectivity index (χ2v) is 8.96. The summed E-state index contributed by atoms with van der Waals surface area (Å²) in [6, 6.07) is 15.7. The van der Waals surface area contributed by atoms with Crippen molar-refractivity contribution in [2.24, 2.45) is 5.73 Å². The Morgan fingerprint density at radius 2 is 1.81 bits per heavy atom. The van der Waals surface area contributed by atoms with E-state index < -0.39 is 11.5 Å². The molecule has 1 aliphatic rings. The third kappa shape index (κ3) is 4.77. The van der Waals surface area contributed by atoms with Crippen LogP contribution in [0.4, 0.5) is 0 Å². The number of fused-ring (bicyclic) bond motifs is 1. The first-order valence-electron chi connectivity index (χ1n) is 10.7. The lowest BCUT2D eigenvalue weighted by Crippen LogP contribution is -2.40. The number of carbonyl (C=O) groups is 1. The number of aliphatic carboxylic acids is 1. The number of halogens is 1. The molecule has 0 amide bonds. The summed E-state index contributed by atoms with van der Waals surface area (Å²) in [5.41, 5.74) is 10.6. The molecule has 3 aromatic carbocycles. The van der Waals surface area contributed by atoms with Crippen molar-refractivity contribution in [1.29, 1.82) is 0 Å². The van der Waals surface area contributed by atoms with Gasteiger partial charge >= 0.3 is 5.97 Å². The molecule has 0 unspecified atom stereocenters. The van der Waals surface area contributed by atoms with Crippen molar-refractivity contribution >= 4 is 28.3 Å². The number of benzene rings is 3. The van der Waals surface area contributed by atoms with Crippen molar-refractivity contribution in [2.75, 3.05) is 0 Å². The summed E-state index contributed by atoms with van der Waals surface area (Å²) < 4.78 is 0. The van der Waals surface area contributed by atoms with E-state index in [1.807, 2.05) is 37.3 Å². The number of carboxylic acid groups (broad SMARTS) is 1. The van der Waals surface area contributed by atoms with Gasteiger partial charge in [-0.25, -0.2) is 0 Å². The first kappa shape index (κ1) is 21.4. The van der Waals surface area contributed by atoms with Gasteiger partial charge < -0.3 is 10.8 Å². The molecule has 4 rings (SSSR count).